The second-order valence-corrected chi connectivity index (χ2v) is 31.9. The highest BCUT2D eigenvalue weighted by Gasteiger charge is 2.27. The molecule has 0 atom stereocenters. The molecule has 0 aliphatic rings. The van der Waals surface area contributed by atoms with E-state index in [2.05, 4.69) is 347 Å². The Balaban J connectivity index is 0.0000000967. The summed E-state index contributed by atoms with van der Waals surface area (Å²) in [7, 11) is 0. The SMILES string of the molecule is c1ccc2c(c1)ccc1ccc(-n3c4ccccc4c4c5cccnc5c5sc6ccccc6c5c43)cc12.c1ccc2cc(-n3c4ccccc4c4c5cccnc5c5sc6ccccc6c5c43)ccc2c1.c1ccc2cc3cc(-n4c5ccccc5c5c6cccnc6c6sc7ccccc7c6c54)ccc3cc2c1. The van der Waals surface area contributed by atoms with Gasteiger partial charge in [-0.05, 0) is 157 Å². The van der Waals surface area contributed by atoms with Crippen molar-refractivity contribution in [3.63, 3.8) is 0 Å². The maximum absolute atomic E-state index is 4.92. The molecule has 9 heteroatoms. The van der Waals surface area contributed by atoms with Gasteiger partial charge in [-0.2, -0.15) is 0 Å². The maximum atomic E-state index is 4.92. The fourth-order valence-corrected chi connectivity index (χ4v) is 21.9. The minimum atomic E-state index is 1.09. The van der Waals surface area contributed by atoms with E-state index in [-0.39, 0.29) is 0 Å². The summed E-state index contributed by atoms with van der Waals surface area (Å²) >= 11 is 5.54. The van der Waals surface area contributed by atoms with Crippen molar-refractivity contribution in [2.45, 2.75) is 0 Å². The van der Waals surface area contributed by atoms with Crippen LogP contribution in [0.15, 0.2) is 352 Å². The van der Waals surface area contributed by atoms with Crippen LogP contribution in [0.3, 0.4) is 0 Å². The molecule has 6 nitrogen and oxygen atoms in total. The summed E-state index contributed by atoms with van der Waals surface area (Å²) in [6.07, 6.45) is 5.76. The molecule has 0 unspecified atom stereocenters. The molecule has 0 radical (unpaired) electrons. The van der Waals surface area contributed by atoms with Crippen LogP contribution in [0.1, 0.15) is 0 Å². The lowest BCUT2D eigenvalue weighted by Gasteiger charge is -2.12. The normalized spacial score (nSPS) is 12.2. The summed E-state index contributed by atoms with van der Waals surface area (Å²) in [5.74, 6) is 0. The largest absolute Gasteiger partial charge is 0.309 e. The number of nitrogens with zero attached hydrogens (tertiary/aromatic N) is 6. The fraction of sp³-hybridized carbons (Fsp3) is 0. The summed E-state index contributed by atoms with van der Waals surface area (Å²) in [5, 5.41) is 31.7. The van der Waals surface area contributed by atoms with Crippen LogP contribution >= 0.6 is 34.0 Å². The van der Waals surface area contributed by atoms with Gasteiger partial charge in [-0.3, -0.25) is 15.0 Å². The standard InChI is InChI=1S/2C35H20N2S.C31H18N2S/c1-2-9-24-21(8-1)15-16-22-17-18-23(20-28(22)24)37-29-13-5-3-10-25(29)31-27-12-7-19-36-33(27)35-32(34(31)37)26-11-4-6-14-30(26)38-35;1-2-9-22-19-24-20-25(16-15-23(24)18-21(22)8-1)37-29-13-5-3-10-26(29)31-28-12-7-17-36-33(28)35-32(34(31)37)27-11-4-6-14-30(27)38-35;1-2-9-20-18-21(16-15-19(20)8-1)33-25-13-5-3-10-22(25)27-24-12-7-17-32-29(24)31-28(30(27)33)23-11-4-6-14-26(23)34-31/h2*1-20H;1-18H. The van der Waals surface area contributed by atoms with Gasteiger partial charge in [-0.25, -0.2) is 0 Å². The first-order valence-corrected chi connectivity index (χ1v) is 39.7. The second-order valence-electron chi connectivity index (χ2n) is 28.8. The lowest BCUT2D eigenvalue weighted by atomic mass is 10.0. The Morgan fingerprint density at radius 3 is 0.927 bits per heavy atom. The van der Waals surface area contributed by atoms with Crippen molar-refractivity contribution in [3.05, 3.63) is 352 Å². The van der Waals surface area contributed by atoms with E-state index >= 15 is 0 Å². The highest BCUT2D eigenvalue weighted by molar-refractivity contribution is 7.27. The number of hydrogen-bond acceptors (Lipinski definition) is 6. The van der Waals surface area contributed by atoms with E-state index in [1.54, 1.807) is 0 Å². The number of thiophene rings is 3. The molecule has 0 amide bonds. The maximum Gasteiger partial charge on any atom is 0.0888 e. The fourth-order valence-electron chi connectivity index (χ4n) is 18.3. The van der Waals surface area contributed by atoms with Gasteiger partial charge >= 0.3 is 0 Å². The third-order valence-corrected chi connectivity index (χ3v) is 26.5. The van der Waals surface area contributed by atoms with Gasteiger partial charge in [0.05, 0.1) is 63.8 Å². The molecular formula is C101H58N6S3. The van der Waals surface area contributed by atoms with E-state index in [9.17, 15) is 0 Å². The summed E-state index contributed by atoms with van der Waals surface area (Å²) < 4.78 is 15.1. The average molecular weight is 1450 g/mol. The second kappa shape index (κ2) is 23.9. The monoisotopic (exact) mass is 1450 g/mol. The lowest BCUT2D eigenvalue weighted by molar-refractivity contribution is 1.19. The average Bonchev–Trinajstić information content (AvgIpc) is 1.55. The van der Waals surface area contributed by atoms with E-state index in [1.807, 2.05) is 52.6 Å². The molecular weight excluding hydrogens is 1390 g/mol. The Kier molecular flexibility index (Phi) is 13.4. The minimum Gasteiger partial charge on any atom is -0.309 e. The molecule has 0 saturated heterocycles. The van der Waals surface area contributed by atoms with Gasteiger partial charge in [-0.15, -0.1) is 34.0 Å². The summed E-state index contributed by atoms with van der Waals surface area (Å²) in [5.41, 5.74) is 14.3. The van der Waals surface area contributed by atoms with Crippen molar-refractivity contribution in [2.24, 2.45) is 0 Å². The van der Waals surface area contributed by atoms with Crippen LogP contribution in [0.2, 0.25) is 0 Å². The summed E-state index contributed by atoms with van der Waals surface area (Å²) in [6.45, 7) is 0. The first-order chi connectivity index (χ1) is 54.6. The predicted molar refractivity (Wildman–Crippen MR) is 474 cm³/mol. The van der Waals surface area contributed by atoms with Crippen molar-refractivity contribution in [3.8, 4) is 17.1 Å². The molecule has 0 aliphatic carbocycles. The minimum absolute atomic E-state index is 1.09. The van der Waals surface area contributed by atoms with Crippen LogP contribution in [0.5, 0.6) is 0 Å². The Bertz CT molecular complexity index is 8450. The molecule has 0 bridgehead atoms. The molecule has 0 N–H and O–H groups in total. The quantitative estimate of drug-likeness (QED) is 0.131. The van der Waals surface area contributed by atoms with Crippen molar-refractivity contribution >= 4 is 247 Å². The zero-order valence-electron chi connectivity index (χ0n) is 58.9. The highest BCUT2D eigenvalue weighted by atomic mass is 32.1. The Hall–Kier alpha value is -13.7. The highest BCUT2D eigenvalue weighted by Crippen LogP contribution is 2.52. The first kappa shape index (κ1) is 61.5. The number of rotatable bonds is 3. The molecule has 26 rings (SSSR count). The third-order valence-electron chi connectivity index (χ3n) is 22.9. The van der Waals surface area contributed by atoms with E-state index in [0.717, 1.165) is 16.6 Å². The Morgan fingerprint density at radius 1 is 0.191 bits per heavy atom. The van der Waals surface area contributed by atoms with Gasteiger partial charge in [0.1, 0.15) is 0 Å². The van der Waals surface area contributed by atoms with Gasteiger partial charge in [0.25, 0.3) is 0 Å². The molecule has 26 aromatic rings. The van der Waals surface area contributed by atoms with Crippen LogP contribution < -0.4 is 0 Å². The predicted octanol–water partition coefficient (Wildman–Crippen LogP) is 28.9. The Morgan fingerprint density at radius 2 is 0.482 bits per heavy atom. The number of fused-ring (bicyclic) bond motifs is 36. The van der Waals surface area contributed by atoms with E-state index in [1.165, 1.54) is 213 Å². The molecule has 0 saturated carbocycles. The summed E-state index contributed by atoms with van der Waals surface area (Å²) in [4.78, 5) is 14.7. The van der Waals surface area contributed by atoms with Crippen LogP contribution in [-0.4, -0.2) is 28.7 Å². The van der Waals surface area contributed by atoms with Crippen molar-refractivity contribution in [2.75, 3.05) is 0 Å². The van der Waals surface area contributed by atoms with Crippen molar-refractivity contribution in [1.82, 2.24) is 28.7 Å². The molecule has 0 aliphatic heterocycles. The number of hydrogen-bond donors (Lipinski definition) is 0. The molecule has 9 heterocycles. The zero-order valence-corrected chi connectivity index (χ0v) is 61.3. The Labute approximate surface area is 639 Å². The smallest absolute Gasteiger partial charge is 0.0888 e. The van der Waals surface area contributed by atoms with Gasteiger partial charge in [0, 0.05) is 131 Å². The van der Waals surface area contributed by atoms with Crippen LogP contribution in [0.25, 0.3) is 230 Å². The molecule has 0 fully saturated rings. The van der Waals surface area contributed by atoms with E-state index < -0.39 is 0 Å². The molecule has 9 aromatic heterocycles. The van der Waals surface area contributed by atoms with Gasteiger partial charge in [0.2, 0.25) is 0 Å². The van der Waals surface area contributed by atoms with Crippen LogP contribution in [-0.2, 0) is 0 Å². The third kappa shape index (κ3) is 8.99. The van der Waals surface area contributed by atoms with Gasteiger partial charge in [0.15, 0.2) is 0 Å². The molecule has 510 valence electrons. The summed E-state index contributed by atoms with van der Waals surface area (Å²) in [6, 6.07) is 121. The first-order valence-electron chi connectivity index (χ1n) is 37.3. The van der Waals surface area contributed by atoms with Gasteiger partial charge < -0.3 is 13.7 Å². The van der Waals surface area contributed by atoms with Crippen LogP contribution in [0.4, 0.5) is 0 Å². The van der Waals surface area contributed by atoms with Crippen LogP contribution in [0, 0.1) is 0 Å². The number of pyridine rings is 3. The van der Waals surface area contributed by atoms with Gasteiger partial charge in [-0.1, -0.05) is 231 Å². The number of benzene rings is 17. The van der Waals surface area contributed by atoms with Crippen molar-refractivity contribution in [1.29, 1.82) is 0 Å². The molecule has 110 heavy (non-hydrogen) atoms. The molecule has 0 spiro atoms. The topological polar surface area (TPSA) is 53.5 Å². The van der Waals surface area contributed by atoms with E-state index in [0.29, 0.717) is 0 Å². The van der Waals surface area contributed by atoms with Crippen molar-refractivity contribution < 1.29 is 0 Å². The number of para-hydroxylation sites is 3. The van der Waals surface area contributed by atoms with E-state index in [4.69, 9.17) is 15.0 Å². The zero-order chi connectivity index (χ0) is 71.8. The number of aromatic nitrogens is 6. The molecule has 17 aromatic carbocycles. The lowest BCUT2D eigenvalue weighted by Crippen LogP contribution is -1.95.